The van der Waals surface area contributed by atoms with Crippen LogP contribution in [-0.2, 0) is 9.53 Å². The Morgan fingerprint density at radius 1 is 1.88 bits per heavy atom. The van der Waals surface area contributed by atoms with E-state index in [4.69, 9.17) is 5.11 Å². The van der Waals surface area contributed by atoms with Gasteiger partial charge >= 0.3 is 5.97 Å². The Balaban J connectivity index is 2.99. The van der Waals surface area contributed by atoms with Gasteiger partial charge < -0.3 is 9.84 Å². The highest BCUT2D eigenvalue weighted by Crippen LogP contribution is 1.95. The summed E-state index contributed by atoms with van der Waals surface area (Å²) >= 11 is 1.12. The van der Waals surface area contributed by atoms with Crippen molar-refractivity contribution in [1.29, 1.82) is 0 Å². The van der Waals surface area contributed by atoms with E-state index in [9.17, 15) is 4.79 Å². The molecule has 48 valence electrons. The quantitative estimate of drug-likeness (QED) is 0.432. The molecule has 0 spiro atoms. The van der Waals surface area contributed by atoms with Crippen molar-refractivity contribution in [2.75, 3.05) is 18.8 Å². The third-order valence-electron chi connectivity index (χ3n) is 0.539. The monoisotopic (exact) mass is 136 g/mol. The first-order valence-electron chi connectivity index (χ1n) is 2.06. The predicted molar refractivity (Wildman–Crippen MR) is 31.6 cm³/mol. The standard InChI is InChI=1S/C4H8O3S/c1-7-4(6)2-8-3-5/h5H,2-3H2,1H3. The smallest absolute Gasteiger partial charge is 0.315 e. The van der Waals surface area contributed by atoms with Crippen molar-refractivity contribution in [1.82, 2.24) is 0 Å². The number of hydrogen-bond donors (Lipinski definition) is 1. The average Bonchev–Trinajstić information content (AvgIpc) is 1.83. The molecule has 0 saturated heterocycles. The van der Waals surface area contributed by atoms with Gasteiger partial charge in [-0.2, -0.15) is 0 Å². The molecular weight excluding hydrogens is 128 g/mol. The molecule has 0 aromatic rings. The van der Waals surface area contributed by atoms with Gasteiger partial charge in [0.25, 0.3) is 0 Å². The second kappa shape index (κ2) is 4.93. The number of esters is 1. The van der Waals surface area contributed by atoms with Crippen molar-refractivity contribution >= 4 is 17.7 Å². The van der Waals surface area contributed by atoms with Crippen LogP contribution in [0.1, 0.15) is 0 Å². The van der Waals surface area contributed by atoms with E-state index in [1.165, 1.54) is 7.11 Å². The molecule has 0 atom stereocenters. The lowest BCUT2D eigenvalue weighted by atomic mass is 10.8. The predicted octanol–water partition coefficient (Wildman–Crippen LogP) is -0.158. The van der Waals surface area contributed by atoms with Crippen LogP contribution in [0.5, 0.6) is 0 Å². The summed E-state index contributed by atoms with van der Waals surface area (Å²) in [7, 11) is 1.32. The number of hydrogen-bond acceptors (Lipinski definition) is 4. The summed E-state index contributed by atoms with van der Waals surface area (Å²) in [6.45, 7) is 0. The van der Waals surface area contributed by atoms with E-state index in [1.54, 1.807) is 0 Å². The lowest BCUT2D eigenvalue weighted by Gasteiger charge is -1.93. The van der Waals surface area contributed by atoms with E-state index in [0.717, 1.165) is 11.8 Å². The summed E-state index contributed by atoms with van der Waals surface area (Å²) < 4.78 is 4.28. The van der Waals surface area contributed by atoms with Crippen molar-refractivity contribution < 1.29 is 14.6 Å². The van der Waals surface area contributed by atoms with E-state index in [0.29, 0.717) is 0 Å². The molecule has 3 nitrogen and oxygen atoms in total. The Labute approximate surface area is 52.0 Å². The molecule has 1 N–H and O–H groups in total. The van der Waals surface area contributed by atoms with Crippen LogP contribution in [0.2, 0.25) is 0 Å². The van der Waals surface area contributed by atoms with Gasteiger partial charge in [-0.15, -0.1) is 11.8 Å². The van der Waals surface area contributed by atoms with Crippen molar-refractivity contribution in [3.8, 4) is 0 Å². The second-order valence-corrected chi connectivity index (χ2v) is 2.01. The highest BCUT2D eigenvalue weighted by Gasteiger charge is 1.96. The number of ether oxygens (including phenoxy) is 1. The first-order chi connectivity index (χ1) is 3.81. The normalized spacial score (nSPS) is 8.75. The molecule has 0 aliphatic carbocycles. The Hall–Kier alpha value is -0.220. The van der Waals surface area contributed by atoms with Gasteiger partial charge in [-0.25, -0.2) is 0 Å². The van der Waals surface area contributed by atoms with Gasteiger partial charge in [-0.1, -0.05) is 0 Å². The minimum absolute atomic E-state index is 0.0326. The van der Waals surface area contributed by atoms with Gasteiger partial charge in [0.1, 0.15) is 0 Å². The number of methoxy groups -OCH3 is 1. The Bertz CT molecular complexity index is 73.7. The summed E-state index contributed by atoms with van der Waals surface area (Å²) in [5.41, 5.74) is 0. The highest BCUT2D eigenvalue weighted by molar-refractivity contribution is 7.99. The minimum Gasteiger partial charge on any atom is -0.468 e. The fraction of sp³-hybridized carbons (Fsp3) is 0.750. The molecule has 0 heterocycles. The van der Waals surface area contributed by atoms with Crippen molar-refractivity contribution in [2.45, 2.75) is 0 Å². The van der Waals surface area contributed by atoms with Crippen LogP contribution in [0.3, 0.4) is 0 Å². The minimum atomic E-state index is -0.302. The van der Waals surface area contributed by atoms with Crippen LogP contribution < -0.4 is 0 Å². The molecule has 0 unspecified atom stereocenters. The van der Waals surface area contributed by atoms with Crippen molar-refractivity contribution in [2.24, 2.45) is 0 Å². The van der Waals surface area contributed by atoms with Crippen LogP contribution in [0, 0.1) is 0 Å². The summed E-state index contributed by atoms with van der Waals surface area (Å²) in [4.78, 5) is 10.2. The molecule has 0 saturated carbocycles. The van der Waals surface area contributed by atoms with Gasteiger partial charge in [-0.05, 0) is 0 Å². The third-order valence-corrected chi connectivity index (χ3v) is 1.16. The third kappa shape index (κ3) is 3.95. The zero-order chi connectivity index (χ0) is 6.41. The molecule has 0 aliphatic rings. The second-order valence-electron chi connectivity index (χ2n) is 1.05. The summed E-state index contributed by atoms with van der Waals surface area (Å²) in [6.07, 6.45) is 0. The molecule has 0 bridgehead atoms. The highest BCUT2D eigenvalue weighted by atomic mass is 32.2. The van der Waals surface area contributed by atoms with Crippen LogP contribution >= 0.6 is 11.8 Å². The van der Waals surface area contributed by atoms with Gasteiger partial charge in [0.2, 0.25) is 0 Å². The number of carbonyl (C=O) groups excluding carboxylic acids is 1. The maximum atomic E-state index is 10.2. The van der Waals surface area contributed by atoms with Gasteiger partial charge in [-0.3, -0.25) is 4.79 Å². The molecule has 0 radical (unpaired) electrons. The van der Waals surface area contributed by atoms with Crippen molar-refractivity contribution in [3.63, 3.8) is 0 Å². The van der Waals surface area contributed by atoms with Gasteiger partial charge in [0, 0.05) is 0 Å². The number of aliphatic hydroxyl groups is 1. The van der Waals surface area contributed by atoms with Crippen molar-refractivity contribution in [3.05, 3.63) is 0 Å². The molecule has 0 fully saturated rings. The summed E-state index contributed by atoms with van der Waals surface area (Å²) in [6, 6.07) is 0. The van der Waals surface area contributed by atoms with Crippen LogP contribution in [0.25, 0.3) is 0 Å². The Kier molecular flexibility index (Phi) is 4.79. The fourth-order valence-corrected chi connectivity index (χ4v) is 0.564. The molecular formula is C4H8O3S. The number of aliphatic hydroxyl groups excluding tert-OH is 1. The lowest BCUT2D eigenvalue weighted by Crippen LogP contribution is -2.03. The van der Waals surface area contributed by atoms with Crippen LogP contribution in [-0.4, -0.2) is 29.9 Å². The maximum Gasteiger partial charge on any atom is 0.315 e. The van der Waals surface area contributed by atoms with E-state index < -0.39 is 0 Å². The lowest BCUT2D eigenvalue weighted by molar-refractivity contribution is -0.137. The zero-order valence-electron chi connectivity index (χ0n) is 4.59. The van der Waals surface area contributed by atoms with Gasteiger partial charge in [0.05, 0.1) is 18.8 Å². The fourth-order valence-electron chi connectivity index (χ4n) is 0.188. The molecule has 8 heavy (non-hydrogen) atoms. The van der Waals surface area contributed by atoms with E-state index in [-0.39, 0.29) is 17.7 Å². The summed E-state index contributed by atoms with van der Waals surface area (Å²) in [5, 5.41) is 8.17. The number of carbonyl (C=O) groups is 1. The largest absolute Gasteiger partial charge is 0.468 e. The Morgan fingerprint density at radius 3 is 2.88 bits per heavy atom. The average molecular weight is 136 g/mol. The molecule has 0 rings (SSSR count). The maximum absolute atomic E-state index is 10.2. The first kappa shape index (κ1) is 7.78. The number of rotatable bonds is 3. The molecule has 0 aromatic carbocycles. The van der Waals surface area contributed by atoms with E-state index >= 15 is 0 Å². The topological polar surface area (TPSA) is 46.5 Å². The molecule has 0 aromatic heterocycles. The van der Waals surface area contributed by atoms with Crippen LogP contribution in [0.15, 0.2) is 0 Å². The molecule has 0 aliphatic heterocycles. The van der Waals surface area contributed by atoms with Crippen LogP contribution in [0.4, 0.5) is 0 Å². The van der Waals surface area contributed by atoms with E-state index in [1.807, 2.05) is 0 Å². The number of thioether (sulfide) groups is 1. The van der Waals surface area contributed by atoms with Gasteiger partial charge in [0.15, 0.2) is 0 Å². The summed E-state index contributed by atoms with van der Waals surface area (Å²) in [5.74, 6) is -0.105. The SMILES string of the molecule is COC(=O)CSCO. The molecule has 0 amide bonds. The Morgan fingerprint density at radius 2 is 2.50 bits per heavy atom. The van der Waals surface area contributed by atoms with E-state index in [2.05, 4.69) is 4.74 Å². The first-order valence-corrected chi connectivity index (χ1v) is 3.22. The zero-order valence-corrected chi connectivity index (χ0v) is 5.40. The molecule has 4 heteroatoms.